The number of fused-ring (bicyclic) bond motifs is 1. The van der Waals surface area contributed by atoms with Gasteiger partial charge in [-0.3, -0.25) is 14.2 Å². The Labute approximate surface area is 200 Å². The van der Waals surface area contributed by atoms with Gasteiger partial charge in [-0.05, 0) is 67.3 Å². The highest BCUT2D eigenvalue weighted by atomic mass is 35.5. The summed E-state index contributed by atoms with van der Waals surface area (Å²) in [6.45, 7) is 2.26. The number of aliphatic hydroxyl groups excluding tert-OH is 1. The number of nitrogens with zero attached hydrogens (tertiary/aromatic N) is 2. The molecule has 2 heterocycles. The van der Waals surface area contributed by atoms with Crippen LogP contribution in [0.1, 0.15) is 30.4 Å². The van der Waals surface area contributed by atoms with Gasteiger partial charge in [0.05, 0.1) is 35.4 Å². The minimum atomic E-state index is -4.47. The lowest BCUT2D eigenvalue weighted by Crippen LogP contribution is -2.46. The molecule has 0 aliphatic carbocycles. The number of hydrogen-bond donors (Lipinski definition) is 2. The van der Waals surface area contributed by atoms with Gasteiger partial charge in [0.1, 0.15) is 0 Å². The van der Waals surface area contributed by atoms with Crippen LogP contribution >= 0.6 is 12.4 Å². The van der Waals surface area contributed by atoms with Crippen LogP contribution in [0.2, 0.25) is 0 Å². The molecule has 1 aromatic heterocycles. The Kier molecular flexibility index (Phi) is 7.80. The van der Waals surface area contributed by atoms with Gasteiger partial charge in [-0.15, -0.1) is 12.4 Å². The number of halogens is 4. The Morgan fingerprint density at radius 2 is 2.00 bits per heavy atom. The number of ketones is 1. The molecule has 0 radical (unpaired) electrons. The second-order valence-corrected chi connectivity index (χ2v) is 8.46. The molecule has 0 spiro atoms. The Bertz CT molecular complexity index is 1260. The molecule has 1 aliphatic rings. The number of nitrogens with one attached hydrogen (secondary N) is 1. The molecule has 2 N–H and O–H groups in total. The lowest BCUT2D eigenvalue weighted by Gasteiger charge is -2.28. The van der Waals surface area contributed by atoms with Crippen molar-refractivity contribution in [1.82, 2.24) is 14.9 Å². The van der Waals surface area contributed by atoms with E-state index in [0.717, 1.165) is 25.1 Å². The van der Waals surface area contributed by atoms with Crippen LogP contribution in [0.25, 0.3) is 22.0 Å². The van der Waals surface area contributed by atoms with Gasteiger partial charge in [0.15, 0.2) is 5.78 Å². The maximum Gasteiger partial charge on any atom is 0.416 e. The third-order valence-corrected chi connectivity index (χ3v) is 5.98. The van der Waals surface area contributed by atoms with E-state index in [1.54, 1.807) is 19.1 Å². The summed E-state index contributed by atoms with van der Waals surface area (Å²) < 4.78 is 40.6. The van der Waals surface area contributed by atoms with E-state index in [9.17, 15) is 27.9 Å². The molecule has 1 aliphatic heterocycles. The molecule has 182 valence electrons. The van der Waals surface area contributed by atoms with Crippen molar-refractivity contribution in [2.45, 2.75) is 51.1 Å². The molecule has 2 aromatic carbocycles. The molecule has 0 bridgehead atoms. The number of aryl methyl sites for hydroxylation is 1. The predicted molar refractivity (Wildman–Crippen MR) is 125 cm³/mol. The van der Waals surface area contributed by atoms with Crippen LogP contribution in [-0.4, -0.2) is 39.1 Å². The molecule has 1 fully saturated rings. The van der Waals surface area contributed by atoms with Gasteiger partial charge in [-0.1, -0.05) is 12.1 Å². The summed E-state index contributed by atoms with van der Waals surface area (Å²) in [7, 11) is 0. The van der Waals surface area contributed by atoms with Crippen LogP contribution in [0.15, 0.2) is 47.5 Å². The Hall–Kier alpha value is -2.75. The normalized spacial score (nSPS) is 18.5. The molecule has 1 saturated heterocycles. The summed E-state index contributed by atoms with van der Waals surface area (Å²) >= 11 is 0. The van der Waals surface area contributed by atoms with Crippen molar-refractivity contribution in [2.75, 3.05) is 6.54 Å². The maximum atomic E-state index is 13.1. The van der Waals surface area contributed by atoms with Crippen LogP contribution < -0.4 is 10.9 Å². The fourth-order valence-corrected chi connectivity index (χ4v) is 4.25. The average molecular weight is 496 g/mol. The average Bonchev–Trinajstić information content (AvgIpc) is 2.77. The van der Waals surface area contributed by atoms with E-state index in [1.807, 2.05) is 0 Å². The van der Waals surface area contributed by atoms with Crippen molar-refractivity contribution in [2.24, 2.45) is 0 Å². The van der Waals surface area contributed by atoms with Gasteiger partial charge in [0, 0.05) is 12.5 Å². The first kappa shape index (κ1) is 25.9. The standard InChI is InChI=1S/C24H24F3N3O3.ClH/c1-14-8-16(15-4-2-5-17(9-15)24(25,26)27)10-19-22(14)29-13-30(23(19)33)12-18(31)11-20-21(32)6-3-7-28-20;/h2,4-5,8-10,13,20-21,28,32H,3,6-7,11-12H2,1H3;1H/t20-,21+;/m1./s1. The monoisotopic (exact) mass is 495 g/mol. The number of carbonyl (C=O) groups is 1. The van der Waals surface area contributed by atoms with E-state index in [4.69, 9.17) is 0 Å². The van der Waals surface area contributed by atoms with Crippen molar-refractivity contribution >= 4 is 29.1 Å². The second-order valence-electron chi connectivity index (χ2n) is 8.46. The van der Waals surface area contributed by atoms with Gasteiger partial charge in [0.25, 0.3) is 5.56 Å². The lowest BCUT2D eigenvalue weighted by molar-refractivity contribution is -0.137. The van der Waals surface area contributed by atoms with Gasteiger partial charge in [-0.2, -0.15) is 13.2 Å². The molecule has 0 amide bonds. The smallest absolute Gasteiger partial charge is 0.391 e. The molecular formula is C24H25ClF3N3O3. The number of alkyl halides is 3. The van der Waals surface area contributed by atoms with E-state index in [2.05, 4.69) is 10.3 Å². The first-order valence-corrected chi connectivity index (χ1v) is 10.7. The van der Waals surface area contributed by atoms with Gasteiger partial charge in [0.2, 0.25) is 0 Å². The molecule has 3 aromatic rings. The van der Waals surface area contributed by atoms with E-state index < -0.39 is 23.4 Å². The molecular weight excluding hydrogens is 471 g/mol. The number of Topliss-reactive ketones (excluding diaryl/α,β-unsaturated/α-hetero) is 1. The van der Waals surface area contributed by atoms with Crippen LogP contribution in [0.3, 0.4) is 0 Å². The molecule has 0 saturated carbocycles. The van der Waals surface area contributed by atoms with E-state index >= 15 is 0 Å². The van der Waals surface area contributed by atoms with Crippen molar-refractivity contribution in [1.29, 1.82) is 0 Å². The van der Waals surface area contributed by atoms with Gasteiger partial charge < -0.3 is 10.4 Å². The summed E-state index contributed by atoms with van der Waals surface area (Å²) in [4.78, 5) is 30.0. The fourth-order valence-electron chi connectivity index (χ4n) is 4.25. The van der Waals surface area contributed by atoms with Crippen LogP contribution in [0, 0.1) is 6.92 Å². The number of piperidine rings is 1. The molecule has 2 atom stereocenters. The summed E-state index contributed by atoms with van der Waals surface area (Å²) in [5, 5.41) is 13.4. The zero-order valence-corrected chi connectivity index (χ0v) is 19.2. The highest BCUT2D eigenvalue weighted by molar-refractivity contribution is 5.87. The topological polar surface area (TPSA) is 84.2 Å². The number of carbonyl (C=O) groups excluding carboxylic acids is 1. The minimum absolute atomic E-state index is 0. The minimum Gasteiger partial charge on any atom is -0.391 e. The van der Waals surface area contributed by atoms with Crippen molar-refractivity contribution in [3.63, 3.8) is 0 Å². The van der Waals surface area contributed by atoms with E-state index in [1.165, 1.54) is 23.0 Å². The molecule has 0 unspecified atom stereocenters. The fraction of sp³-hybridized carbons (Fsp3) is 0.375. The second kappa shape index (κ2) is 10.2. The van der Waals surface area contributed by atoms with Gasteiger partial charge in [-0.25, -0.2) is 4.98 Å². The molecule has 6 nitrogen and oxygen atoms in total. The van der Waals surface area contributed by atoms with E-state index in [0.29, 0.717) is 28.6 Å². The molecule has 10 heteroatoms. The number of hydrogen-bond acceptors (Lipinski definition) is 5. The van der Waals surface area contributed by atoms with Crippen LogP contribution in [0.4, 0.5) is 13.2 Å². The first-order chi connectivity index (χ1) is 15.6. The highest BCUT2D eigenvalue weighted by Gasteiger charge is 2.30. The van der Waals surface area contributed by atoms with E-state index in [-0.39, 0.29) is 42.6 Å². The predicted octanol–water partition coefficient (Wildman–Crippen LogP) is 3.88. The lowest BCUT2D eigenvalue weighted by atomic mass is 9.97. The zero-order valence-electron chi connectivity index (χ0n) is 18.4. The van der Waals surface area contributed by atoms with Crippen molar-refractivity contribution in [3.05, 3.63) is 64.2 Å². The molecule has 34 heavy (non-hydrogen) atoms. The summed E-state index contributed by atoms with van der Waals surface area (Å²) in [6, 6.07) is 7.78. The van der Waals surface area contributed by atoms with Gasteiger partial charge >= 0.3 is 6.18 Å². The van der Waals surface area contributed by atoms with Crippen molar-refractivity contribution < 1.29 is 23.1 Å². The quantitative estimate of drug-likeness (QED) is 0.561. The summed E-state index contributed by atoms with van der Waals surface area (Å²) in [5.41, 5.74) is 0.656. The number of rotatable bonds is 5. The number of aliphatic hydroxyl groups is 1. The van der Waals surface area contributed by atoms with Crippen molar-refractivity contribution in [3.8, 4) is 11.1 Å². The largest absolute Gasteiger partial charge is 0.416 e. The third-order valence-electron chi connectivity index (χ3n) is 5.98. The third kappa shape index (κ3) is 5.48. The molecule has 4 rings (SSSR count). The number of aromatic nitrogens is 2. The summed E-state index contributed by atoms with van der Waals surface area (Å²) in [6.07, 6.45) is -2.21. The Morgan fingerprint density at radius 1 is 1.24 bits per heavy atom. The van der Waals surface area contributed by atoms with Crippen LogP contribution in [-0.2, 0) is 17.5 Å². The number of benzene rings is 2. The SMILES string of the molecule is Cc1cc(-c2cccc(C(F)(F)F)c2)cc2c(=O)n(CC(=O)C[C@H]3NCCC[C@@H]3O)cnc12.Cl. The maximum absolute atomic E-state index is 13.1. The Balaban J connectivity index is 0.00000324. The Morgan fingerprint density at radius 3 is 2.71 bits per heavy atom. The highest BCUT2D eigenvalue weighted by Crippen LogP contribution is 2.33. The zero-order chi connectivity index (χ0) is 23.8. The summed E-state index contributed by atoms with van der Waals surface area (Å²) in [5.74, 6) is -0.220. The first-order valence-electron chi connectivity index (χ1n) is 10.7. The van der Waals surface area contributed by atoms with Crippen LogP contribution in [0.5, 0.6) is 0 Å².